The van der Waals surface area contributed by atoms with E-state index in [4.69, 9.17) is 5.11 Å². The maximum Gasteiger partial charge on any atom is 0.326 e. The Labute approximate surface area is 119 Å². The van der Waals surface area contributed by atoms with Gasteiger partial charge in [-0.25, -0.2) is 9.59 Å². The van der Waals surface area contributed by atoms with Gasteiger partial charge < -0.3 is 20.6 Å². The largest absolute Gasteiger partial charge is 0.480 e. The van der Waals surface area contributed by atoms with E-state index in [2.05, 4.69) is 10.6 Å². The van der Waals surface area contributed by atoms with Crippen LogP contribution < -0.4 is 10.6 Å². The number of amides is 3. The van der Waals surface area contributed by atoms with Crippen LogP contribution >= 0.6 is 0 Å². The van der Waals surface area contributed by atoms with Crippen molar-refractivity contribution in [2.45, 2.75) is 46.2 Å². The molecule has 0 aliphatic carbocycles. The number of carboxylic acid groups (broad SMARTS) is 1. The summed E-state index contributed by atoms with van der Waals surface area (Å²) in [6.45, 7) is 7.67. The molecule has 7 nitrogen and oxygen atoms in total. The molecule has 0 aromatic rings. The van der Waals surface area contributed by atoms with Crippen LogP contribution in [0.15, 0.2) is 0 Å². The second-order valence-electron chi connectivity index (χ2n) is 5.21. The molecule has 2 atom stereocenters. The fourth-order valence-corrected chi connectivity index (χ4v) is 1.64. The summed E-state index contributed by atoms with van der Waals surface area (Å²) in [6.07, 6.45) is 0.333. The zero-order valence-electron chi connectivity index (χ0n) is 12.8. The highest BCUT2D eigenvalue weighted by Gasteiger charge is 2.23. The third-order valence-corrected chi connectivity index (χ3v) is 2.88. The molecule has 0 aromatic heterocycles. The van der Waals surface area contributed by atoms with Gasteiger partial charge in [-0.2, -0.15) is 0 Å². The van der Waals surface area contributed by atoms with Gasteiger partial charge in [-0.05, 0) is 26.2 Å². The van der Waals surface area contributed by atoms with E-state index in [0.717, 1.165) is 0 Å². The summed E-state index contributed by atoms with van der Waals surface area (Å²) in [5, 5.41) is 13.8. The van der Waals surface area contributed by atoms with E-state index in [1.165, 1.54) is 4.90 Å². The Kier molecular flexibility index (Phi) is 7.64. The summed E-state index contributed by atoms with van der Waals surface area (Å²) in [4.78, 5) is 36.0. The molecule has 1 unspecified atom stereocenters. The van der Waals surface area contributed by atoms with E-state index in [1.807, 2.05) is 20.8 Å². The SMILES string of the molecule is CCN(C)C(=O)C(C)NC(=O)N[C@@H](CC(C)C)C(=O)O. The van der Waals surface area contributed by atoms with Crippen molar-refractivity contribution in [3.05, 3.63) is 0 Å². The predicted molar refractivity (Wildman–Crippen MR) is 75.3 cm³/mol. The number of carboxylic acids is 1. The van der Waals surface area contributed by atoms with Gasteiger partial charge in [0.1, 0.15) is 12.1 Å². The lowest BCUT2D eigenvalue weighted by Crippen LogP contribution is -2.52. The summed E-state index contributed by atoms with van der Waals surface area (Å²) in [5.41, 5.74) is 0. The maximum absolute atomic E-state index is 11.8. The van der Waals surface area contributed by atoms with Crippen molar-refractivity contribution in [3.63, 3.8) is 0 Å². The van der Waals surface area contributed by atoms with Crippen LogP contribution in [0.3, 0.4) is 0 Å². The minimum absolute atomic E-state index is 0.140. The highest BCUT2D eigenvalue weighted by Crippen LogP contribution is 2.04. The number of hydrogen-bond acceptors (Lipinski definition) is 3. The summed E-state index contributed by atoms with van der Waals surface area (Å²) in [7, 11) is 1.64. The average Bonchev–Trinajstić information content (AvgIpc) is 2.35. The molecule has 0 aromatic carbocycles. The van der Waals surface area contributed by atoms with E-state index >= 15 is 0 Å². The topological polar surface area (TPSA) is 98.7 Å². The maximum atomic E-state index is 11.8. The van der Waals surface area contributed by atoms with Crippen molar-refractivity contribution in [1.29, 1.82) is 0 Å². The van der Waals surface area contributed by atoms with Gasteiger partial charge in [-0.15, -0.1) is 0 Å². The predicted octanol–water partition coefficient (Wildman–Crippen LogP) is 0.652. The number of carbonyl (C=O) groups excluding carboxylic acids is 2. The number of nitrogens with one attached hydrogen (secondary N) is 2. The van der Waals surface area contributed by atoms with Crippen LogP contribution in [0.5, 0.6) is 0 Å². The van der Waals surface area contributed by atoms with Crippen molar-refractivity contribution in [2.75, 3.05) is 13.6 Å². The fraction of sp³-hybridized carbons (Fsp3) is 0.769. The molecule has 0 aliphatic rings. The van der Waals surface area contributed by atoms with Gasteiger partial charge in [0.05, 0.1) is 0 Å². The Hall–Kier alpha value is -1.79. The Morgan fingerprint density at radius 3 is 2.10 bits per heavy atom. The van der Waals surface area contributed by atoms with Crippen LogP contribution in [0, 0.1) is 5.92 Å². The monoisotopic (exact) mass is 287 g/mol. The number of carbonyl (C=O) groups is 3. The van der Waals surface area contributed by atoms with E-state index in [1.54, 1.807) is 14.0 Å². The van der Waals surface area contributed by atoms with Gasteiger partial charge >= 0.3 is 12.0 Å². The number of hydrogen-bond donors (Lipinski definition) is 3. The zero-order valence-corrected chi connectivity index (χ0v) is 12.8. The third-order valence-electron chi connectivity index (χ3n) is 2.88. The lowest BCUT2D eigenvalue weighted by Gasteiger charge is -2.22. The van der Waals surface area contributed by atoms with E-state index < -0.39 is 24.1 Å². The van der Waals surface area contributed by atoms with E-state index in [0.29, 0.717) is 13.0 Å². The lowest BCUT2D eigenvalue weighted by atomic mass is 10.0. The van der Waals surface area contributed by atoms with Crippen LogP contribution in [-0.4, -0.2) is 53.6 Å². The molecule has 0 saturated heterocycles. The summed E-state index contributed by atoms with van der Waals surface area (Å²) >= 11 is 0. The molecule has 0 radical (unpaired) electrons. The number of likely N-dealkylation sites (N-methyl/N-ethyl adjacent to an activating group) is 1. The number of rotatable bonds is 7. The lowest BCUT2D eigenvalue weighted by molar-refractivity contribution is -0.139. The van der Waals surface area contributed by atoms with Crippen LogP contribution in [0.25, 0.3) is 0 Å². The van der Waals surface area contributed by atoms with Gasteiger partial charge in [-0.3, -0.25) is 4.79 Å². The van der Waals surface area contributed by atoms with Gasteiger partial charge in [0.2, 0.25) is 5.91 Å². The quantitative estimate of drug-likeness (QED) is 0.640. The van der Waals surface area contributed by atoms with Crippen molar-refractivity contribution < 1.29 is 19.5 Å². The second-order valence-corrected chi connectivity index (χ2v) is 5.21. The highest BCUT2D eigenvalue weighted by molar-refractivity contribution is 5.88. The molecule has 0 fully saturated rings. The Morgan fingerprint density at radius 1 is 1.15 bits per heavy atom. The first-order valence-corrected chi connectivity index (χ1v) is 6.73. The molecular formula is C13H25N3O4. The molecular weight excluding hydrogens is 262 g/mol. The summed E-state index contributed by atoms with van der Waals surface area (Å²) in [5.74, 6) is -1.17. The van der Waals surface area contributed by atoms with Crippen molar-refractivity contribution >= 4 is 17.9 Å². The second kappa shape index (κ2) is 8.39. The van der Waals surface area contributed by atoms with Crippen LogP contribution in [-0.2, 0) is 9.59 Å². The highest BCUT2D eigenvalue weighted by atomic mass is 16.4. The van der Waals surface area contributed by atoms with Crippen molar-refractivity contribution in [3.8, 4) is 0 Å². The Bertz CT molecular complexity index is 358. The fourth-order valence-electron chi connectivity index (χ4n) is 1.64. The molecule has 20 heavy (non-hydrogen) atoms. The molecule has 0 bridgehead atoms. The zero-order chi connectivity index (χ0) is 15.9. The van der Waals surface area contributed by atoms with Crippen molar-refractivity contribution in [2.24, 2.45) is 5.92 Å². The van der Waals surface area contributed by atoms with Crippen molar-refractivity contribution in [1.82, 2.24) is 15.5 Å². The molecule has 3 amide bonds. The molecule has 3 N–H and O–H groups in total. The van der Waals surface area contributed by atoms with Gasteiger partial charge in [-0.1, -0.05) is 13.8 Å². The van der Waals surface area contributed by atoms with Crippen LogP contribution in [0.2, 0.25) is 0 Å². The first-order valence-electron chi connectivity index (χ1n) is 6.73. The molecule has 7 heteroatoms. The van der Waals surface area contributed by atoms with Gasteiger partial charge in [0.25, 0.3) is 0 Å². The normalized spacial score (nSPS) is 13.5. The van der Waals surface area contributed by atoms with Crippen LogP contribution in [0.1, 0.15) is 34.1 Å². The number of aliphatic carboxylic acids is 1. The molecule has 0 rings (SSSR count). The minimum atomic E-state index is -1.08. The van der Waals surface area contributed by atoms with E-state index in [-0.39, 0.29) is 11.8 Å². The smallest absolute Gasteiger partial charge is 0.326 e. The van der Waals surface area contributed by atoms with Gasteiger partial charge in [0, 0.05) is 13.6 Å². The van der Waals surface area contributed by atoms with E-state index in [9.17, 15) is 14.4 Å². The first-order chi connectivity index (χ1) is 9.18. The van der Waals surface area contributed by atoms with Crippen LogP contribution in [0.4, 0.5) is 4.79 Å². The average molecular weight is 287 g/mol. The molecule has 0 saturated carbocycles. The van der Waals surface area contributed by atoms with Gasteiger partial charge in [0.15, 0.2) is 0 Å². The molecule has 0 spiro atoms. The molecule has 116 valence electrons. The number of nitrogens with zero attached hydrogens (tertiary/aromatic N) is 1. The molecule has 0 heterocycles. The third kappa shape index (κ3) is 6.40. The minimum Gasteiger partial charge on any atom is -0.480 e. The molecule has 0 aliphatic heterocycles. The Morgan fingerprint density at radius 2 is 1.70 bits per heavy atom. The number of urea groups is 1. The summed E-state index contributed by atoms with van der Waals surface area (Å²) in [6, 6.07) is -2.31. The summed E-state index contributed by atoms with van der Waals surface area (Å²) < 4.78 is 0. The first kappa shape index (κ1) is 18.2. The standard InChI is InChI=1S/C13H25N3O4/c1-6-16(5)11(17)9(4)14-13(20)15-10(12(18)19)7-8(2)3/h8-10H,6-7H2,1-5H3,(H,18,19)(H2,14,15,20)/t9?,10-/m0/s1. The Balaban J connectivity index is 4.46.